The highest BCUT2D eigenvalue weighted by molar-refractivity contribution is 5.40. The summed E-state index contributed by atoms with van der Waals surface area (Å²) in [7, 11) is 0. The van der Waals surface area contributed by atoms with Crippen LogP contribution >= 0.6 is 0 Å². The van der Waals surface area contributed by atoms with E-state index >= 15 is 0 Å². The third-order valence-electron chi connectivity index (χ3n) is 7.46. The van der Waals surface area contributed by atoms with Crippen LogP contribution in [0.5, 0.6) is 0 Å². The zero-order valence-electron chi connectivity index (χ0n) is 12.6. The predicted octanol–water partition coefficient (Wildman–Crippen LogP) is 4.83. The highest BCUT2D eigenvalue weighted by atomic mass is 14.7. The van der Waals surface area contributed by atoms with E-state index in [1.54, 1.807) is 11.1 Å². The van der Waals surface area contributed by atoms with Gasteiger partial charge in [-0.15, -0.1) is 13.2 Å². The second kappa shape index (κ2) is 4.12. The molecule has 0 nitrogen and oxygen atoms in total. The van der Waals surface area contributed by atoms with Gasteiger partial charge in [0.15, 0.2) is 0 Å². The average Bonchev–Trinajstić information content (AvgIpc) is 3.22. The molecule has 3 fully saturated rings. The Morgan fingerprint density at radius 2 is 1.57 bits per heavy atom. The Morgan fingerprint density at radius 3 is 2.33 bits per heavy atom. The van der Waals surface area contributed by atoms with Crippen LogP contribution in [0.25, 0.3) is 0 Å². The van der Waals surface area contributed by atoms with E-state index in [9.17, 15) is 0 Å². The van der Waals surface area contributed by atoms with E-state index in [-0.39, 0.29) is 0 Å². The van der Waals surface area contributed by atoms with Gasteiger partial charge in [0, 0.05) is 0 Å². The van der Waals surface area contributed by atoms with Crippen molar-refractivity contribution in [2.75, 3.05) is 0 Å². The van der Waals surface area contributed by atoms with E-state index in [0.29, 0.717) is 0 Å². The van der Waals surface area contributed by atoms with E-state index in [2.05, 4.69) is 49.6 Å². The van der Waals surface area contributed by atoms with E-state index in [4.69, 9.17) is 0 Å². The Hall–Kier alpha value is -1.30. The van der Waals surface area contributed by atoms with Crippen LogP contribution in [0.4, 0.5) is 0 Å². The molecule has 4 aliphatic rings. The fourth-order valence-electron chi connectivity index (χ4n) is 7.01. The molecule has 108 valence electrons. The molecule has 0 aromatic heterocycles. The second-order valence-corrected chi connectivity index (χ2v) is 7.85. The van der Waals surface area contributed by atoms with Crippen molar-refractivity contribution in [3.63, 3.8) is 0 Å². The molecule has 1 aromatic carbocycles. The Labute approximate surface area is 128 Å². The number of rotatable bonds is 2. The number of fused-ring (bicyclic) bond motifs is 10. The number of hydrogen-bond donors (Lipinski definition) is 0. The summed E-state index contributed by atoms with van der Waals surface area (Å²) in [6, 6.07) is 9.26. The van der Waals surface area contributed by atoms with E-state index in [0.717, 1.165) is 47.3 Å². The lowest BCUT2D eigenvalue weighted by Crippen LogP contribution is -2.33. The molecule has 0 heteroatoms. The summed E-state index contributed by atoms with van der Waals surface area (Å²) in [5.41, 5.74) is 3.34. The van der Waals surface area contributed by atoms with E-state index in [1.165, 1.54) is 19.3 Å². The van der Waals surface area contributed by atoms with Crippen molar-refractivity contribution >= 4 is 0 Å². The van der Waals surface area contributed by atoms with Gasteiger partial charge >= 0.3 is 0 Å². The molecule has 5 rings (SSSR count). The summed E-state index contributed by atoms with van der Waals surface area (Å²) < 4.78 is 0. The Balaban J connectivity index is 1.59. The molecule has 0 N–H and O–H groups in total. The summed E-state index contributed by atoms with van der Waals surface area (Å²) in [4.78, 5) is 0. The lowest BCUT2D eigenvalue weighted by Gasteiger charge is -2.38. The summed E-state index contributed by atoms with van der Waals surface area (Å²) >= 11 is 0. The molecule has 0 spiro atoms. The lowest BCUT2D eigenvalue weighted by atomic mass is 9.66. The maximum Gasteiger partial charge on any atom is -0.00935 e. The van der Waals surface area contributed by atoms with Gasteiger partial charge in [-0.3, -0.25) is 0 Å². The molecule has 21 heavy (non-hydrogen) atoms. The molecule has 0 saturated heterocycles. The lowest BCUT2D eigenvalue weighted by molar-refractivity contribution is 0.142. The van der Waals surface area contributed by atoms with Crippen molar-refractivity contribution < 1.29 is 0 Å². The van der Waals surface area contributed by atoms with Crippen molar-refractivity contribution in [1.82, 2.24) is 0 Å². The first-order valence-electron chi connectivity index (χ1n) is 8.66. The molecule has 3 saturated carbocycles. The van der Waals surface area contributed by atoms with Gasteiger partial charge in [-0.2, -0.15) is 0 Å². The molecule has 8 atom stereocenters. The minimum atomic E-state index is 0.738. The maximum atomic E-state index is 4.15. The Bertz CT molecular complexity index is 612. The van der Waals surface area contributed by atoms with Crippen molar-refractivity contribution in [2.45, 2.75) is 25.2 Å². The van der Waals surface area contributed by atoms with Crippen LogP contribution < -0.4 is 0 Å². The fourth-order valence-corrected chi connectivity index (χ4v) is 7.01. The summed E-state index contributed by atoms with van der Waals surface area (Å²) in [6.07, 6.45) is 8.66. The van der Waals surface area contributed by atoms with Crippen LogP contribution in [-0.2, 0) is 6.42 Å². The SMILES string of the molecule is C=CC1CC(C=C)C2C3CC(C4Cc5ccccc5C43)C12. The van der Waals surface area contributed by atoms with Gasteiger partial charge in [0.05, 0.1) is 0 Å². The largest absolute Gasteiger partial charge is 0.103 e. The second-order valence-electron chi connectivity index (χ2n) is 7.85. The quantitative estimate of drug-likeness (QED) is 0.678. The number of benzene rings is 1. The van der Waals surface area contributed by atoms with Gasteiger partial charge in [0.2, 0.25) is 0 Å². The maximum absolute atomic E-state index is 4.15. The summed E-state index contributed by atoms with van der Waals surface area (Å²) in [6.45, 7) is 8.30. The van der Waals surface area contributed by atoms with Gasteiger partial charge in [0.25, 0.3) is 0 Å². The van der Waals surface area contributed by atoms with Crippen LogP contribution in [0.1, 0.15) is 29.9 Å². The van der Waals surface area contributed by atoms with Gasteiger partial charge in [0.1, 0.15) is 0 Å². The zero-order valence-corrected chi connectivity index (χ0v) is 12.6. The van der Waals surface area contributed by atoms with Crippen LogP contribution in [0, 0.1) is 41.4 Å². The average molecular weight is 276 g/mol. The van der Waals surface area contributed by atoms with Gasteiger partial charge in [-0.25, -0.2) is 0 Å². The van der Waals surface area contributed by atoms with E-state index < -0.39 is 0 Å². The third kappa shape index (κ3) is 1.37. The first-order valence-corrected chi connectivity index (χ1v) is 8.66. The molecule has 0 amide bonds. The normalized spacial score (nSPS) is 48.8. The Morgan fingerprint density at radius 1 is 0.857 bits per heavy atom. The highest BCUT2D eigenvalue weighted by Crippen LogP contribution is 2.71. The van der Waals surface area contributed by atoms with Crippen molar-refractivity contribution in [3.05, 3.63) is 60.7 Å². The van der Waals surface area contributed by atoms with E-state index in [1.807, 2.05) is 0 Å². The molecule has 8 unspecified atom stereocenters. The molecular weight excluding hydrogens is 252 g/mol. The minimum Gasteiger partial charge on any atom is -0.103 e. The monoisotopic (exact) mass is 276 g/mol. The van der Waals surface area contributed by atoms with Crippen LogP contribution in [0.3, 0.4) is 0 Å². The van der Waals surface area contributed by atoms with Crippen molar-refractivity contribution in [1.29, 1.82) is 0 Å². The zero-order chi connectivity index (χ0) is 14.1. The standard InChI is InChI=1S/C21H24/c1-3-12-9-13(4-2)20-18-11-17(19(12)20)16-10-14-7-5-6-8-15(14)21(16)18/h3-8,12-13,16-21H,1-2,9-11H2. The molecular formula is C21H24. The fraction of sp³-hybridized carbons (Fsp3) is 0.524. The van der Waals surface area contributed by atoms with Gasteiger partial charge in [-0.05, 0) is 77.7 Å². The molecule has 2 bridgehead atoms. The molecule has 4 aliphatic carbocycles. The van der Waals surface area contributed by atoms with Gasteiger partial charge < -0.3 is 0 Å². The van der Waals surface area contributed by atoms with Crippen molar-refractivity contribution in [2.24, 2.45) is 41.4 Å². The van der Waals surface area contributed by atoms with Crippen LogP contribution in [-0.4, -0.2) is 0 Å². The number of allylic oxidation sites excluding steroid dienone is 2. The number of hydrogen-bond acceptors (Lipinski definition) is 0. The van der Waals surface area contributed by atoms with Crippen LogP contribution in [0.15, 0.2) is 49.6 Å². The molecule has 0 aliphatic heterocycles. The Kier molecular flexibility index (Phi) is 2.41. The third-order valence-corrected chi connectivity index (χ3v) is 7.46. The van der Waals surface area contributed by atoms with Gasteiger partial charge in [-0.1, -0.05) is 36.4 Å². The smallest absolute Gasteiger partial charge is 0.00935 e. The van der Waals surface area contributed by atoms with Crippen molar-refractivity contribution in [3.8, 4) is 0 Å². The minimum absolute atomic E-state index is 0.738. The summed E-state index contributed by atoms with van der Waals surface area (Å²) in [5, 5.41) is 0. The van der Waals surface area contributed by atoms with Crippen LogP contribution in [0.2, 0.25) is 0 Å². The molecule has 0 heterocycles. The molecule has 1 aromatic rings. The summed E-state index contributed by atoms with van der Waals surface area (Å²) in [5.74, 6) is 6.94. The molecule has 0 radical (unpaired) electrons. The predicted molar refractivity (Wildman–Crippen MR) is 86.9 cm³/mol. The first kappa shape index (κ1) is 12.3. The topological polar surface area (TPSA) is 0 Å². The highest BCUT2D eigenvalue weighted by Gasteiger charge is 2.64. The first-order chi connectivity index (χ1) is 10.3.